The Hall–Kier alpha value is -3.51. The van der Waals surface area contributed by atoms with Gasteiger partial charge in [-0.25, -0.2) is 0 Å². The maximum Gasteiger partial charge on any atom is 0.245 e. The minimum absolute atomic E-state index is 0.00878. The van der Waals surface area contributed by atoms with E-state index < -0.39 is 6.04 Å². The molecule has 2 unspecified atom stereocenters. The van der Waals surface area contributed by atoms with Crippen molar-refractivity contribution in [1.82, 2.24) is 20.1 Å². The lowest BCUT2D eigenvalue weighted by Gasteiger charge is -2.30. The average Bonchev–Trinajstić information content (AvgIpc) is 3.59. The van der Waals surface area contributed by atoms with Gasteiger partial charge < -0.3 is 15.1 Å². The number of amides is 2. The number of hydrogen-bond donors (Lipinski definition) is 1. The number of benzene rings is 2. The minimum Gasteiger partial charge on any atom is -0.340 e. The first kappa shape index (κ1) is 24.2. The van der Waals surface area contributed by atoms with Crippen LogP contribution in [-0.2, 0) is 9.59 Å². The molecule has 2 saturated heterocycles. The number of carbonyl (C=O) groups excluding carboxylic acids is 2. The Morgan fingerprint density at radius 3 is 2.36 bits per heavy atom. The van der Waals surface area contributed by atoms with Gasteiger partial charge in [-0.3, -0.25) is 14.6 Å². The molecule has 0 bridgehead atoms. The Kier molecular flexibility index (Phi) is 7.14. The molecule has 2 fully saturated rings. The third kappa shape index (κ3) is 4.65. The second-order valence-electron chi connectivity index (χ2n) is 9.94. The molecule has 5 atom stereocenters. The Labute approximate surface area is 213 Å². The zero-order chi connectivity index (χ0) is 25.1. The zero-order valence-corrected chi connectivity index (χ0v) is 21.0. The van der Waals surface area contributed by atoms with Crippen molar-refractivity contribution < 1.29 is 9.59 Å². The van der Waals surface area contributed by atoms with Crippen LogP contribution in [0.25, 0.3) is 0 Å². The van der Waals surface area contributed by atoms with E-state index >= 15 is 0 Å². The van der Waals surface area contributed by atoms with E-state index in [1.165, 1.54) is 5.56 Å². The van der Waals surface area contributed by atoms with Crippen molar-refractivity contribution >= 4 is 12.3 Å². The maximum absolute atomic E-state index is 13.9. The monoisotopic (exact) mass is 482 g/mol. The van der Waals surface area contributed by atoms with Crippen LogP contribution in [-0.4, -0.2) is 53.3 Å². The zero-order valence-electron chi connectivity index (χ0n) is 21.0. The highest BCUT2D eigenvalue weighted by molar-refractivity contribution is 5.85. The Morgan fingerprint density at radius 1 is 1.00 bits per heavy atom. The molecule has 0 radical (unpaired) electrons. The van der Waals surface area contributed by atoms with E-state index in [9.17, 15) is 9.59 Å². The first-order valence-corrected chi connectivity index (χ1v) is 12.9. The molecular weight excluding hydrogens is 448 g/mol. The van der Waals surface area contributed by atoms with Gasteiger partial charge in [-0.05, 0) is 50.1 Å². The SMILES string of the molecule is CNC(C)c1cccc(C2[C@@H](c3ccccc3)C[C@@H](C(=O)N3CC[C@H](c4ccccc4)C3)N2C=O)n1. The number of rotatable bonds is 7. The third-order valence-electron chi connectivity index (χ3n) is 7.92. The summed E-state index contributed by atoms with van der Waals surface area (Å²) >= 11 is 0. The third-order valence-corrected chi connectivity index (χ3v) is 7.92. The summed E-state index contributed by atoms with van der Waals surface area (Å²) in [5.74, 6) is 0.373. The molecule has 0 saturated carbocycles. The quantitative estimate of drug-likeness (QED) is 0.506. The van der Waals surface area contributed by atoms with Crippen molar-refractivity contribution in [1.29, 1.82) is 0 Å². The highest BCUT2D eigenvalue weighted by Gasteiger charge is 2.47. The molecule has 5 rings (SSSR count). The van der Waals surface area contributed by atoms with Crippen molar-refractivity contribution in [2.24, 2.45) is 0 Å². The predicted octanol–water partition coefficient (Wildman–Crippen LogP) is 4.43. The van der Waals surface area contributed by atoms with Crippen LogP contribution in [0.15, 0.2) is 78.9 Å². The molecule has 0 aliphatic carbocycles. The first-order chi connectivity index (χ1) is 17.6. The lowest BCUT2D eigenvalue weighted by Crippen LogP contribution is -2.45. The summed E-state index contributed by atoms with van der Waals surface area (Å²) in [5.41, 5.74) is 4.15. The highest BCUT2D eigenvalue weighted by atomic mass is 16.2. The smallest absolute Gasteiger partial charge is 0.245 e. The Balaban J connectivity index is 1.45. The summed E-state index contributed by atoms with van der Waals surface area (Å²) in [7, 11) is 1.91. The van der Waals surface area contributed by atoms with Crippen LogP contribution in [0.1, 0.15) is 66.2 Å². The van der Waals surface area contributed by atoms with Crippen LogP contribution >= 0.6 is 0 Å². The first-order valence-electron chi connectivity index (χ1n) is 12.9. The molecule has 3 heterocycles. The van der Waals surface area contributed by atoms with Gasteiger partial charge in [0.05, 0.1) is 17.4 Å². The molecule has 2 aliphatic heterocycles. The molecule has 36 heavy (non-hydrogen) atoms. The maximum atomic E-state index is 13.9. The van der Waals surface area contributed by atoms with Gasteiger partial charge >= 0.3 is 0 Å². The molecular formula is C30H34N4O2. The number of aromatic nitrogens is 1. The molecule has 1 aromatic heterocycles. The Bertz CT molecular complexity index is 1190. The van der Waals surface area contributed by atoms with E-state index in [2.05, 4.69) is 48.6 Å². The summed E-state index contributed by atoms with van der Waals surface area (Å²) in [4.78, 5) is 35.1. The van der Waals surface area contributed by atoms with E-state index in [0.717, 1.165) is 36.3 Å². The molecule has 2 aromatic carbocycles. The number of likely N-dealkylation sites (tertiary alicyclic amines) is 2. The Morgan fingerprint density at radius 2 is 1.69 bits per heavy atom. The standard InChI is InChI=1S/C30H34N4O2/c1-21(31-2)26-14-9-15-27(32-26)29-25(23-12-7-4-8-13-23)18-28(34(29)20-35)30(36)33-17-16-24(19-33)22-10-5-3-6-11-22/h3-15,20-21,24-25,28-29,31H,16-19H2,1-2H3/t21?,24-,25+,28-,29?/m0/s1. The van der Waals surface area contributed by atoms with Crippen molar-refractivity contribution in [3.8, 4) is 0 Å². The number of nitrogens with one attached hydrogen (secondary N) is 1. The van der Waals surface area contributed by atoms with Gasteiger partial charge in [-0.2, -0.15) is 0 Å². The number of carbonyl (C=O) groups is 2. The molecule has 1 N–H and O–H groups in total. The summed E-state index contributed by atoms with van der Waals surface area (Å²) in [5, 5.41) is 3.24. The summed E-state index contributed by atoms with van der Waals surface area (Å²) < 4.78 is 0. The number of nitrogens with zero attached hydrogens (tertiary/aromatic N) is 3. The van der Waals surface area contributed by atoms with Crippen LogP contribution in [0, 0.1) is 0 Å². The largest absolute Gasteiger partial charge is 0.340 e. The lowest BCUT2D eigenvalue weighted by molar-refractivity contribution is -0.139. The van der Waals surface area contributed by atoms with E-state index in [0.29, 0.717) is 18.9 Å². The summed E-state index contributed by atoms with van der Waals surface area (Å²) in [6.07, 6.45) is 2.39. The van der Waals surface area contributed by atoms with Gasteiger partial charge in [-0.1, -0.05) is 66.7 Å². The van der Waals surface area contributed by atoms with Crippen LogP contribution < -0.4 is 5.32 Å². The van der Waals surface area contributed by atoms with E-state index in [1.54, 1.807) is 4.90 Å². The normalized spacial score (nSPS) is 24.6. The molecule has 2 amide bonds. The fourth-order valence-electron chi connectivity index (χ4n) is 5.83. The van der Waals surface area contributed by atoms with E-state index in [4.69, 9.17) is 4.98 Å². The summed E-state index contributed by atoms with van der Waals surface area (Å²) in [6.45, 7) is 3.48. The second kappa shape index (κ2) is 10.6. The van der Waals surface area contributed by atoms with E-state index in [-0.39, 0.29) is 23.9 Å². The minimum atomic E-state index is -0.501. The fraction of sp³-hybridized carbons (Fsp3) is 0.367. The molecule has 3 aromatic rings. The van der Waals surface area contributed by atoms with Crippen LogP contribution in [0.5, 0.6) is 0 Å². The van der Waals surface area contributed by atoms with Gasteiger partial charge in [0, 0.05) is 31.0 Å². The van der Waals surface area contributed by atoms with Crippen LogP contribution in [0.2, 0.25) is 0 Å². The second-order valence-corrected chi connectivity index (χ2v) is 9.94. The average molecular weight is 483 g/mol. The fourth-order valence-corrected chi connectivity index (χ4v) is 5.83. The number of pyridine rings is 1. The number of hydrogen-bond acceptors (Lipinski definition) is 4. The van der Waals surface area contributed by atoms with Gasteiger partial charge in [-0.15, -0.1) is 0 Å². The van der Waals surface area contributed by atoms with Crippen molar-refractivity contribution in [3.05, 3.63) is 101 Å². The molecule has 2 aliphatic rings. The molecule has 6 heteroatoms. The molecule has 6 nitrogen and oxygen atoms in total. The lowest BCUT2D eigenvalue weighted by atomic mass is 9.88. The van der Waals surface area contributed by atoms with Crippen molar-refractivity contribution in [2.75, 3.05) is 20.1 Å². The highest BCUT2D eigenvalue weighted by Crippen LogP contribution is 2.46. The predicted molar refractivity (Wildman–Crippen MR) is 140 cm³/mol. The van der Waals surface area contributed by atoms with Gasteiger partial charge in [0.25, 0.3) is 0 Å². The van der Waals surface area contributed by atoms with Crippen molar-refractivity contribution in [3.63, 3.8) is 0 Å². The van der Waals surface area contributed by atoms with Crippen molar-refractivity contribution in [2.45, 2.75) is 49.7 Å². The van der Waals surface area contributed by atoms with Gasteiger partial charge in [0.15, 0.2) is 0 Å². The summed E-state index contributed by atoms with van der Waals surface area (Å²) in [6, 6.07) is 25.9. The van der Waals surface area contributed by atoms with Crippen LogP contribution in [0.4, 0.5) is 0 Å². The van der Waals surface area contributed by atoms with Gasteiger partial charge in [0.1, 0.15) is 6.04 Å². The van der Waals surface area contributed by atoms with Crippen LogP contribution in [0.3, 0.4) is 0 Å². The van der Waals surface area contributed by atoms with Gasteiger partial charge in [0.2, 0.25) is 12.3 Å². The topological polar surface area (TPSA) is 65.5 Å². The van der Waals surface area contributed by atoms with E-state index in [1.807, 2.05) is 54.4 Å². The molecule has 0 spiro atoms. The molecule has 186 valence electrons.